The van der Waals surface area contributed by atoms with Crippen molar-refractivity contribution in [3.8, 4) is 17.7 Å². The van der Waals surface area contributed by atoms with Gasteiger partial charge in [0.2, 0.25) is 0 Å². The lowest BCUT2D eigenvalue weighted by Crippen LogP contribution is -2.26. The second kappa shape index (κ2) is 9.58. The lowest BCUT2D eigenvalue weighted by atomic mass is 10.1. The third-order valence-corrected chi connectivity index (χ3v) is 4.58. The zero-order chi connectivity index (χ0) is 22.4. The molecule has 0 bridgehead atoms. The minimum atomic E-state index is -0.339. The number of amides is 1. The molecule has 1 amide bonds. The maximum atomic E-state index is 12.2. The molecule has 0 saturated heterocycles. The van der Waals surface area contributed by atoms with Crippen molar-refractivity contribution in [3.05, 3.63) is 36.9 Å². The van der Waals surface area contributed by atoms with Gasteiger partial charge in [0.25, 0.3) is 5.91 Å². The van der Waals surface area contributed by atoms with Crippen LogP contribution in [0.5, 0.6) is 0 Å². The summed E-state index contributed by atoms with van der Waals surface area (Å²) < 4.78 is 1.85. The van der Waals surface area contributed by atoms with E-state index in [0.717, 1.165) is 24.1 Å². The molecule has 162 valence electrons. The Morgan fingerprint density at radius 1 is 1.19 bits per heavy atom. The minimum absolute atomic E-state index is 0.131. The van der Waals surface area contributed by atoms with Gasteiger partial charge in [-0.3, -0.25) is 19.2 Å². The molecule has 8 nitrogen and oxygen atoms in total. The Balaban J connectivity index is 1.81. The van der Waals surface area contributed by atoms with E-state index in [0.29, 0.717) is 23.9 Å². The predicted molar refractivity (Wildman–Crippen MR) is 124 cm³/mol. The number of benzene rings is 1. The second-order valence-corrected chi connectivity index (χ2v) is 8.17. The molecule has 0 saturated carbocycles. The highest BCUT2D eigenvalue weighted by molar-refractivity contribution is 6.04. The Morgan fingerprint density at radius 2 is 1.97 bits per heavy atom. The SMILES string of the molecule is CCN(CC)CC#CC(=O)Nc1ccc2ncn(-c3cncc(NC(C)(C)C)n3)c2c1. The van der Waals surface area contributed by atoms with Crippen LogP contribution in [-0.2, 0) is 4.79 Å². The molecule has 8 heteroatoms. The Bertz CT molecular complexity index is 1110. The maximum absolute atomic E-state index is 12.2. The topological polar surface area (TPSA) is 88.0 Å². The summed E-state index contributed by atoms with van der Waals surface area (Å²) >= 11 is 0. The van der Waals surface area contributed by atoms with Crippen LogP contribution in [0.25, 0.3) is 16.9 Å². The van der Waals surface area contributed by atoms with Crippen molar-refractivity contribution < 1.29 is 4.79 Å². The van der Waals surface area contributed by atoms with Crippen LogP contribution in [0.3, 0.4) is 0 Å². The van der Waals surface area contributed by atoms with Gasteiger partial charge in [-0.05, 0) is 58.0 Å². The number of hydrogen-bond donors (Lipinski definition) is 2. The molecule has 2 heterocycles. The van der Waals surface area contributed by atoms with Gasteiger partial charge in [0.05, 0.1) is 30.0 Å². The molecule has 2 N–H and O–H groups in total. The fourth-order valence-corrected chi connectivity index (χ4v) is 3.03. The highest BCUT2D eigenvalue weighted by atomic mass is 16.1. The van der Waals surface area contributed by atoms with E-state index in [4.69, 9.17) is 0 Å². The number of rotatable bonds is 6. The molecule has 1 aromatic carbocycles. The van der Waals surface area contributed by atoms with Gasteiger partial charge in [-0.15, -0.1) is 0 Å². The lowest BCUT2D eigenvalue weighted by molar-refractivity contribution is -0.111. The van der Waals surface area contributed by atoms with Crippen LogP contribution in [0, 0.1) is 11.8 Å². The number of aromatic nitrogens is 4. The first-order valence-corrected chi connectivity index (χ1v) is 10.4. The molecule has 0 spiro atoms. The molecule has 3 rings (SSSR count). The molecule has 3 aromatic rings. The van der Waals surface area contributed by atoms with Gasteiger partial charge in [-0.2, -0.15) is 0 Å². The van der Waals surface area contributed by atoms with Crippen molar-refractivity contribution in [2.24, 2.45) is 0 Å². The van der Waals surface area contributed by atoms with Crippen LogP contribution in [0.2, 0.25) is 0 Å². The van der Waals surface area contributed by atoms with Crippen LogP contribution in [0.1, 0.15) is 34.6 Å². The van der Waals surface area contributed by atoms with Crippen LogP contribution in [0.4, 0.5) is 11.5 Å². The smallest absolute Gasteiger partial charge is 0.300 e. The summed E-state index contributed by atoms with van der Waals surface area (Å²) in [6, 6.07) is 5.53. The van der Waals surface area contributed by atoms with Crippen LogP contribution < -0.4 is 10.6 Å². The first kappa shape index (κ1) is 22.2. The van der Waals surface area contributed by atoms with Gasteiger partial charge >= 0.3 is 0 Å². The largest absolute Gasteiger partial charge is 0.364 e. The number of anilines is 2. The van der Waals surface area contributed by atoms with Crippen LogP contribution in [-0.4, -0.2) is 55.5 Å². The summed E-state index contributed by atoms with van der Waals surface area (Å²) in [5.74, 6) is 6.55. The maximum Gasteiger partial charge on any atom is 0.300 e. The summed E-state index contributed by atoms with van der Waals surface area (Å²) in [7, 11) is 0. The Labute approximate surface area is 183 Å². The summed E-state index contributed by atoms with van der Waals surface area (Å²) in [5, 5.41) is 6.16. The first-order valence-electron chi connectivity index (χ1n) is 10.4. The zero-order valence-electron chi connectivity index (χ0n) is 18.7. The fraction of sp³-hybridized carbons (Fsp3) is 0.391. The van der Waals surface area contributed by atoms with Crippen molar-refractivity contribution in [1.82, 2.24) is 24.4 Å². The number of imidazole rings is 1. The summed E-state index contributed by atoms with van der Waals surface area (Å²) in [6.07, 6.45) is 5.07. The molecule has 2 aromatic heterocycles. The normalized spacial score (nSPS) is 11.3. The summed E-state index contributed by atoms with van der Waals surface area (Å²) in [4.78, 5) is 27.8. The Morgan fingerprint density at radius 3 is 2.68 bits per heavy atom. The number of hydrogen-bond acceptors (Lipinski definition) is 6. The van der Waals surface area contributed by atoms with E-state index in [1.54, 1.807) is 18.7 Å². The Hall–Kier alpha value is -3.44. The van der Waals surface area contributed by atoms with E-state index in [-0.39, 0.29) is 11.4 Å². The predicted octanol–water partition coefficient (Wildman–Crippen LogP) is 3.31. The molecular weight excluding hydrogens is 390 g/mol. The Kier molecular flexibility index (Phi) is 6.88. The van der Waals surface area contributed by atoms with E-state index in [1.807, 2.05) is 22.8 Å². The third-order valence-electron chi connectivity index (χ3n) is 4.58. The number of carbonyl (C=O) groups excluding carboxylic acids is 1. The molecule has 0 aliphatic rings. The summed E-state index contributed by atoms with van der Waals surface area (Å²) in [6.45, 7) is 12.7. The quantitative estimate of drug-likeness (QED) is 0.596. The van der Waals surface area contributed by atoms with Crippen molar-refractivity contribution in [2.45, 2.75) is 40.2 Å². The monoisotopic (exact) mass is 419 g/mol. The van der Waals surface area contributed by atoms with Gasteiger partial charge in [-0.25, -0.2) is 9.97 Å². The second-order valence-electron chi connectivity index (χ2n) is 8.17. The van der Waals surface area contributed by atoms with E-state index in [2.05, 4.69) is 76.9 Å². The van der Waals surface area contributed by atoms with Gasteiger partial charge in [0.15, 0.2) is 5.82 Å². The van der Waals surface area contributed by atoms with Crippen molar-refractivity contribution in [3.63, 3.8) is 0 Å². The van der Waals surface area contributed by atoms with E-state index >= 15 is 0 Å². The fourth-order valence-electron chi connectivity index (χ4n) is 3.03. The number of nitrogens with zero attached hydrogens (tertiary/aromatic N) is 5. The minimum Gasteiger partial charge on any atom is -0.364 e. The first-order chi connectivity index (χ1) is 14.8. The molecule has 0 radical (unpaired) electrons. The highest BCUT2D eigenvalue weighted by Gasteiger charge is 2.13. The molecule has 31 heavy (non-hydrogen) atoms. The number of carbonyl (C=O) groups is 1. The molecule has 0 aliphatic carbocycles. The van der Waals surface area contributed by atoms with Crippen LogP contribution >= 0.6 is 0 Å². The van der Waals surface area contributed by atoms with Gasteiger partial charge < -0.3 is 10.6 Å². The average Bonchev–Trinajstić information content (AvgIpc) is 3.13. The number of fused-ring (bicyclic) bond motifs is 1. The molecule has 0 atom stereocenters. The molecule has 0 unspecified atom stereocenters. The van der Waals surface area contributed by atoms with E-state index in [9.17, 15) is 4.79 Å². The molecule has 0 fully saturated rings. The summed E-state index contributed by atoms with van der Waals surface area (Å²) in [5.41, 5.74) is 2.12. The van der Waals surface area contributed by atoms with Gasteiger partial charge in [-0.1, -0.05) is 19.8 Å². The van der Waals surface area contributed by atoms with Crippen molar-refractivity contribution >= 4 is 28.4 Å². The van der Waals surface area contributed by atoms with Gasteiger partial charge in [0.1, 0.15) is 12.1 Å². The van der Waals surface area contributed by atoms with Crippen LogP contribution in [0.15, 0.2) is 36.9 Å². The molecule has 0 aliphatic heterocycles. The van der Waals surface area contributed by atoms with Crippen molar-refractivity contribution in [1.29, 1.82) is 0 Å². The van der Waals surface area contributed by atoms with E-state index in [1.165, 1.54) is 0 Å². The zero-order valence-corrected chi connectivity index (χ0v) is 18.7. The number of nitrogens with one attached hydrogen (secondary N) is 2. The van der Waals surface area contributed by atoms with E-state index < -0.39 is 0 Å². The van der Waals surface area contributed by atoms with Gasteiger partial charge in [0, 0.05) is 11.2 Å². The third kappa shape index (κ3) is 6.03. The highest BCUT2D eigenvalue weighted by Crippen LogP contribution is 2.22. The average molecular weight is 420 g/mol. The van der Waals surface area contributed by atoms with Crippen molar-refractivity contribution in [2.75, 3.05) is 30.3 Å². The molecular formula is C23H29N7O. The standard InChI is InChI=1S/C23H29N7O/c1-6-29(7-2)12-8-9-22(31)26-17-10-11-18-19(13-17)30(16-25-18)21-15-24-14-20(27-21)28-23(3,4)5/h10-11,13-16H,6-7,12H2,1-5H3,(H,26,31)(H,27,28). The lowest BCUT2D eigenvalue weighted by Gasteiger charge is -2.21.